The van der Waals surface area contributed by atoms with Crippen molar-refractivity contribution in [2.45, 2.75) is 56.8 Å². The molecule has 182 valence electrons. The van der Waals surface area contributed by atoms with E-state index in [4.69, 9.17) is 4.74 Å². The molecule has 3 aromatic rings. The highest BCUT2D eigenvalue weighted by atomic mass is 19.1. The lowest BCUT2D eigenvalue weighted by molar-refractivity contribution is -0.134. The number of benzene rings is 1. The average Bonchev–Trinajstić information content (AvgIpc) is 3.25. The van der Waals surface area contributed by atoms with Crippen LogP contribution in [0.2, 0.25) is 0 Å². The monoisotopic (exact) mass is 477 g/mol. The van der Waals surface area contributed by atoms with Gasteiger partial charge >= 0.3 is 0 Å². The van der Waals surface area contributed by atoms with Gasteiger partial charge in [0.15, 0.2) is 0 Å². The molecule has 0 spiro atoms. The van der Waals surface area contributed by atoms with E-state index in [9.17, 15) is 9.59 Å². The Balaban J connectivity index is 1.32. The number of halogens is 1. The number of piperidine rings is 2. The molecule has 2 amide bonds. The smallest absolute Gasteiger partial charge is 0.234 e. The van der Waals surface area contributed by atoms with Crippen LogP contribution in [0.25, 0.3) is 10.9 Å². The number of pyridine rings is 1. The van der Waals surface area contributed by atoms with Crippen LogP contribution < -0.4 is 5.32 Å². The molecular formula is C26H28FN5O3. The van der Waals surface area contributed by atoms with Gasteiger partial charge in [0.25, 0.3) is 0 Å². The van der Waals surface area contributed by atoms with Crippen LogP contribution in [0.1, 0.15) is 54.6 Å². The van der Waals surface area contributed by atoms with Gasteiger partial charge in [0, 0.05) is 55.9 Å². The van der Waals surface area contributed by atoms with Gasteiger partial charge in [0.2, 0.25) is 11.8 Å². The molecule has 1 N–H and O–H groups in total. The summed E-state index contributed by atoms with van der Waals surface area (Å²) in [5.74, 6) is -1.47. The number of aromatic nitrogens is 3. The van der Waals surface area contributed by atoms with Gasteiger partial charge in [-0.3, -0.25) is 24.8 Å². The predicted molar refractivity (Wildman–Crippen MR) is 126 cm³/mol. The van der Waals surface area contributed by atoms with Crippen molar-refractivity contribution in [3.63, 3.8) is 0 Å². The van der Waals surface area contributed by atoms with E-state index in [1.165, 1.54) is 0 Å². The maximum Gasteiger partial charge on any atom is 0.234 e. The van der Waals surface area contributed by atoms with Gasteiger partial charge in [0.1, 0.15) is 17.0 Å². The Labute approximate surface area is 202 Å². The predicted octanol–water partition coefficient (Wildman–Crippen LogP) is 2.83. The summed E-state index contributed by atoms with van der Waals surface area (Å²) in [6.07, 6.45) is 5.01. The topological polar surface area (TPSA) is 92.7 Å². The van der Waals surface area contributed by atoms with Crippen molar-refractivity contribution < 1.29 is 18.7 Å². The molecule has 8 nitrogen and oxygen atoms in total. The number of nitrogens with zero attached hydrogens (tertiary/aromatic N) is 4. The third kappa shape index (κ3) is 3.40. The van der Waals surface area contributed by atoms with Crippen molar-refractivity contribution >= 4 is 22.7 Å². The van der Waals surface area contributed by atoms with Crippen molar-refractivity contribution in [3.05, 3.63) is 59.1 Å². The molecule has 3 unspecified atom stereocenters. The molecule has 3 fully saturated rings. The molecule has 1 aromatic carbocycles. The third-order valence-electron chi connectivity index (χ3n) is 8.03. The normalized spacial score (nSPS) is 28.7. The lowest BCUT2D eigenvalue weighted by Crippen LogP contribution is -2.44. The van der Waals surface area contributed by atoms with Gasteiger partial charge in [0.05, 0.1) is 23.5 Å². The molecule has 2 aromatic heterocycles. The first-order chi connectivity index (χ1) is 16.7. The van der Waals surface area contributed by atoms with Gasteiger partial charge in [-0.2, -0.15) is 0 Å². The van der Waals surface area contributed by atoms with Crippen LogP contribution >= 0.6 is 0 Å². The van der Waals surface area contributed by atoms with Crippen molar-refractivity contribution in [2.24, 2.45) is 7.05 Å². The Morgan fingerprint density at radius 2 is 2.14 bits per heavy atom. The number of amides is 2. The minimum atomic E-state index is -0.673. The number of carbonyl (C=O) groups is 2. The van der Waals surface area contributed by atoms with Crippen LogP contribution in [0.5, 0.6) is 0 Å². The quantitative estimate of drug-likeness (QED) is 0.459. The van der Waals surface area contributed by atoms with Crippen LogP contribution in [0.15, 0.2) is 30.7 Å². The lowest BCUT2D eigenvalue weighted by atomic mass is 9.80. The fraction of sp³-hybridized carbons (Fsp3) is 0.462. The number of carbonyl (C=O) groups excluding carboxylic acids is 2. The maximum atomic E-state index is 16.1. The first kappa shape index (κ1) is 22.3. The van der Waals surface area contributed by atoms with Crippen LogP contribution in [0.3, 0.4) is 0 Å². The van der Waals surface area contributed by atoms with E-state index < -0.39 is 17.1 Å². The third-order valence-corrected chi connectivity index (χ3v) is 8.03. The van der Waals surface area contributed by atoms with E-state index >= 15 is 4.39 Å². The van der Waals surface area contributed by atoms with Gasteiger partial charge in [-0.05, 0) is 44.4 Å². The maximum absolute atomic E-state index is 16.1. The molecule has 3 aliphatic heterocycles. The Morgan fingerprint density at radius 3 is 2.86 bits per heavy atom. The van der Waals surface area contributed by atoms with Gasteiger partial charge in [-0.15, -0.1) is 0 Å². The first-order valence-corrected chi connectivity index (χ1v) is 12.0. The largest absolute Gasteiger partial charge is 0.356 e. The number of hydrogen-bond acceptors (Lipinski definition) is 6. The van der Waals surface area contributed by atoms with Gasteiger partial charge in [-0.25, -0.2) is 9.37 Å². The second-order valence-corrected chi connectivity index (χ2v) is 10.3. The molecule has 6 rings (SSSR count). The summed E-state index contributed by atoms with van der Waals surface area (Å²) in [5, 5.41) is 2.78. The average molecular weight is 478 g/mol. The van der Waals surface area contributed by atoms with Crippen molar-refractivity contribution in [1.29, 1.82) is 0 Å². The molecule has 0 aliphatic carbocycles. The Morgan fingerprint density at radius 1 is 1.31 bits per heavy atom. The Hall–Kier alpha value is -3.17. The molecule has 5 heterocycles. The molecular weight excluding hydrogens is 449 g/mol. The summed E-state index contributed by atoms with van der Waals surface area (Å²) in [6, 6.07) is 5.39. The highest BCUT2D eigenvalue weighted by molar-refractivity contribution is 6.01. The van der Waals surface area contributed by atoms with E-state index in [1.807, 2.05) is 37.7 Å². The summed E-state index contributed by atoms with van der Waals surface area (Å²) in [5.41, 5.74) is 2.41. The second kappa shape index (κ2) is 7.66. The van der Waals surface area contributed by atoms with E-state index in [-0.39, 0.29) is 24.1 Å². The zero-order valence-electron chi connectivity index (χ0n) is 20.1. The molecule has 9 heteroatoms. The Kier molecular flexibility index (Phi) is 4.88. The number of aryl methyl sites for hydroxylation is 2. The fourth-order valence-corrected chi connectivity index (χ4v) is 6.01. The number of hydrogen-bond donors (Lipinski definition) is 1. The van der Waals surface area contributed by atoms with E-state index in [0.717, 1.165) is 18.8 Å². The minimum absolute atomic E-state index is 0.265. The Bertz CT molecular complexity index is 1390. The number of imidazole rings is 1. The van der Waals surface area contributed by atoms with E-state index in [2.05, 4.69) is 20.2 Å². The number of fused-ring (bicyclic) bond motifs is 2. The molecule has 35 heavy (non-hydrogen) atoms. The van der Waals surface area contributed by atoms with E-state index in [0.29, 0.717) is 47.1 Å². The number of ether oxygens (including phenoxy) is 1. The summed E-state index contributed by atoms with van der Waals surface area (Å²) in [4.78, 5) is 35.2. The zero-order chi connectivity index (χ0) is 24.5. The summed E-state index contributed by atoms with van der Waals surface area (Å²) < 4.78 is 24.4. The van der Waals surface area contributed by atoms with Crippen LogP contribution in [0, 0.1) is 12.7 Å². The molecule has 3 saturated heterocycles. The van der Waals surface area contributed by atoms with Gasteiger partial charge < -0.3 is 9.30 Å². The standard InChI is InChI=1S/C26H28FN5O3/c1-15-18(17-4-7-22(33)30-24(17)34)10-19-21(29-15)6-5-20(23(19)27)26-8-9-32(13-25(26,2)35-26)12-16-11-28-14-31(16)3/h5-6,10-11,14,17H,4,7-9,12-13H2,1-3H3,(H,30,33,34). The summed E-state index contributed by atoms with van der Waals surface area (Å²) in [6.45, 7) is 6.12. The molecule has 0 radical (unpaired) electrons. The minimum Gasteiger partial charge on any atom is -0.356 e. The number of imide groups is 1. The SMILES string of the molecule is Cc1nc2ccc(C34CCN(Cc5cncn5C)CC3(C)O4)c(F)c2cc1C1CCC(=O)NC1=O. The summed E-state index contributed by atoms with van der Waals surface area (Å²) >= 11 is 0. The molecule has 3 aliphatic rings. The molecule has 0 bridgehead atoms. The second-order valence-electron chi connectivity index (χ2n) is 10.3. The molecule has 0 saturated carbocycles. The first-order valence-electron chi connectivity index (χ1n) is 12.0. The lowest BCUT2D eigenvalue weighted by Gasteiger charge is -2.32. The number of rotatable bonds is 4. The van der Waals surface area contributed by atoms with Crippen molar-refractivity contribution in [3.8, 4) is 0 Å². The number of epoxide rings is 1. The highest BCUT2D eigenvalue weighted by Gasteiger charge is 2.70. The van der Waals surface area contributed by atoms with Crippen LogP contribution in [0.4, 0.5) is 4.39 Å². The fourth-order valence-electron chi connectivity index (χ4n) is 6.01. The van der Waals surface area contributed by atoms with Crippen LogP contribution in [-0.4, -0.2) is 49.9 Å². The number of likely N-dealkylation sites (tertiary alicyclic amines) is 1. The van der Waals surface area contributed by atoms with Crippen LogP contribution in [-0.2, 0) is 33.5 Å². The zero-order valence-corrected chi connectivity index (χ0v) is 20.1. The van der Waals surface area contributed by atoms with Crippen molar-refractivity contribution in [1.82, 2.24) is 24.8 Å². The summed E-state index contributed by atoms with van der Waals surface area (Å²) in [7, 11) is 1.98. The number of nitrogens with one attached hydrogen (secondary N) is 1. The van der Waals surface area contributed by atoms with E-state index in [1.54, 1.807) is 18.5 Å². The highest BCUT2D eigenvalue weighted by Crippen LogP contribution is 2.61. The van der Waals surface area contributed by atoms with Crippen molar-refractivity contribution in [2.75, 3.05) is 13.1 Å². The van der Waals surface area contributed by atoms with Gasteiger partial charge in [-0.1, -0.05) is 6.07 Å². The molecule has 3 atom stereocenters.